The molecule has 138 valence electrons. The summed E-state index contributed by atoms with van der Waals surface area (Å²) in [7, 11) is 5.24. The number of aliphatic hydroxyl groups excluding tert-OH is 1. The van der Waals surface area contributed by atoms with Crippen LogP contribution in [0.4, 0.5) is 11.4 Å². The fourth-order valence-electron chi connectivity index (χ4n) is 2.53. The number of nitrogens with zero attached hydrogens (tertiary/aromatic N) is 2. The summed E-state index contributed by atoms with van der Waals surface area (Å²) in [6.07, 6.45) is 1.83. The third-order valence-corrected chi connectivity index (χ3v) is 4.99. The number of methoxy groups -OCH3 is 1. The Morgan fingerprint density at radius 3 is 2.37 bits per heavy atom. The van der Waals surface area contributed by atoms with Crippen LogP contribution < -0.4 is 4.90 Å². The Hall–Kier alpha value is -2.99. The molecule has 27 heavy (non-hydrogen) atoms. The minimum absolute atomic E-state index is 0.0857. The molecule has 0 aliphatic carbocycles. The van der Waals surface area contributed by atoms with E-state index in [0.717, 1.165) is 11.3 Å². The molecule has 1 aliphatic rings. The van der Waals surface area contributed by atoms with Crippen LogP contribution in [0.1, 0.15) is 5.56 Å². The summed E-state index contributed by atoms with van der Waals surface area (Å²) in [6.45, 7) is 0. The molecular formula is C21H20N2O3S. The van der Waals surface area contributed by atoms with E-state index < -0.39 is 5.97 Å². The third-order valence-electron chi connectivity index (χ3n) is 3.97. The lowest BCUT2D eigenvalue weighted by Crippen LogP contribution is -2.10. The van der Waals surface area contributed by atoms with Crippen molar-refractivity contribution in [1.82, 2.24) is 0 Å². The maximum absolute atomic E-state index is 12.2. The first kappa shape index (κ1) is 18.8. The first-order valence-corrected chi connectivity index (χ1v) is 9.14. The van der Waals surface area contributed by atoms with Crippen molar-refractivity contribution in [3.63, 3.8) is 0 Å². The molecule has 0 bridgehead atoms. The Bertz CT molecular complexity index is 930. The quantitative estimate of drug-likeness (QED) is 0.788. The first-order valence-electron chi connectivity index (χ1n) is 8.32. The van der Waals surface area contributed by atoms with E-state index >= 15 is 0 Å². The van der Waals surface area contributed by atoms with E-state index in [0.29, 0.717) is 15.6 Å². The van der Waals surface area contributed by atoms with Gasteiger partial charge in [-0.05, 0) is 35.9 Å². The van der Waals surface area contributed by atoms with E-state index in [1.807, 2.05) is 79.7 Å². The van der Waals surface area contributed by atoms with Gasteiger partial charge in [0, 0.05) is 19.8 Å². The number of thioether (sulfide) groups is 1. The number of carbonyl (C=O) groups excluding carboxylic acids is 1. The van der Waals surface area contributed by atoms with Crippen LogP contribution in [0.5, 0.6) is 0 Å². The minimum Gasteiger partial charge on any atom is -0.506 e. The van der Waals surface area contributed by atoms with Crippen molar-refractivity contribution in [2.45, 2.75) is 0 Å². The molecule has 2 aromatic rings. The molecule has 3 rings (SSSR count). The predicted octanol–water partition coefficient (Wildman–Crippen LogP) is 4.56. The van der Waals surface area contributed by atoms with Gasteiger partial charge >= 0.3 is 5.97 Å². The lowest BCUT2D eigenvalue weighted by molar-refractivity contribution is -0.135. The van der Waals surface area contributed by atoms with Crippen molar-refractivity contribution in [2.75, 3.05) is 26.1 Å². The zero-order valence-corrected chi connectivity index (χ0v) is 16.2. The van der Waals surface area contributed by atoms with Gasteiger partial charge < -0.3 is 14.7 Å². The topological polar surface area (TPSA) is 62.1 Å². The second-order valence-electron chi connectivity index (χ2n) is 6.06. The van der Waals surface area contributed by atoms with Gasteiger partial charge in [0.05, 0.1) is 17.7 Å². The summed E-state index contributed by atoms with van der Waals surface area (Å²) in [6, 6.07) is 17.2. The number of aliphatic imine (C=N–C) groups is 1. The summed E-state index contributed by atoms with van der Waals surface area (Å²) in [5.41, 5.74) is 2.78. The van der Waals surface area contributed by atoms with Crippen LogP contribution in [-0.4, -0.2) is 37.3 Å². The second-order valence-corrected chi connectivity index (χ2v) is 7.09. The van der Waals surface area contributed by atoms with Crippen LogP contribution in [0.15, 0.2) is 75.8 Å². The highest BCUT2D eigenvalue weighted by Gasteiger charge is 2.32. The third kappa shape index (κ3) is 4.23. The van der Waals surface area contributed by atoms with Crippen LogP contribution in [0.2, 0.25) is 0 Å². The van der Waals surface area contributed by atoms with Gasteiger partial charge in [-0.1, -0.05) is 42.1 Å². The Kier molecular flexibility index (Phi) is 5.66. The Morgan fingerprint density at radius 1 is 1.11 bits per heavy atom. The predicted molar refractivity (Wildman–Crippen MR) is 112 cm³/mol. The Balaban J connectivity index is 1.98. The van der Waals surface area contributed by atoms with Crippen LogP contribution in [0, 0.1) is 0 Å². The smallest absolute Gasteiger partial charge is 0.344 e. The monoisotopic (exact) mass is 380 g/mol. The molecule has 0 atom stereocenters. The molecule has 2 aromatic carbocycles. The maximum atomic E-state index is 12.2. The van der Waals surface area contributed by atoms with Crippen molar-refractivity contribution in [2.24, 2.45) is 4.99 Å². The molecule has 1 aliphatic heterocycles. The van der Waals surface area contributed by atoms with E-state index in [-0.39, 0.29) is 11.3 Å². The zero-order chi connectivity index (χ0) is 19.4. The molecule has 1 heterocycles. The van der Waals surface area contributed by atoms with Crippen molar-refractivity contribution in [3.05, 3.63) is 76.4 Å². The number of esters is 1. The van der Waals surface area contributed by atoms with Gasteiger partial charge in [-0.3, -0.25) is 0 Å². The molecule has 0 aromatic heterocycles. The number of hydrogen-bond donors (Lipinski definition) is 1. The van der Waals surface area contributed by atoms with Gasteiger partial charge in [-0.2, -0.15) is 0 Å². The van der Waals surface area contributed by atoms with E-state index in [2.05, 4.69) is 4.99 Å². The van der Waals surface area contributed by atoms with Crippen molar-refractivity contribution < 1.29 is 14.6 Å². The number of anilines is 1. The van der Waals surface area contributed by atoms with Crippen LogP contribution >= 0.6 is 11.8 Å². The fraction of sp³-hybridized carbons (Fsp3) is 0.143. The first-order chi connectivity index (χ1) is 13.0. The van der Waals surface area contributed by atoms with Gasteiger partial charge in [0.1, 0.15) is 16.4 Å². The molecule has 0 saturated carbocycles. The largest absolute Gasteiger partial charge is 0.506 e. The van der Waals surface area contributed by atoms with Gasteiger partial charge in [0.2, 0.25) is 0 Å². The molecule has 1 N–H and O–H groups in total. The van der Waals surface area contributed by atoms with E-state index in [1.165, 1.54) is 18.9 Å². The SMILES string of the molecule is COC(=O)C1=C(O)/C(=C\c2ccc(N(C)C)cc2)SC1=Nc1ccccc1. The molecule has 0 fully saturated rings. The summed E-state index contributed by atoms with van der Waals surface area (Å²) in [5.74, 6) is -0.723. The number of para-hydroxylation sites is 1. The van der Waals surface area contributed by atoms with Crippen LogP contribution in [-0.2, 0) is 9.53 Å². The normalized spacial score (nSPS) is 16.9. The molecule has 0 unspecified atom stereocenters. The van der Waals surface area contributed by atoms with Crippen molar-refractivity contribution in [1.29, 1.82) is 0 Å². The second kappa shape index (κ2) is 8.14. The number of rotatable bonds is 4. The van der Waals surface area contributed by atoms with Gasteiger partial charge in [0.25, 0.3) is 0 Å². The molecule has 0 spiro atoms. The molecule has 0 radical (unpaired) electrons. The minimum atomic E-state index is -0.610. The molecule has 0 amide bonds. The molecule has 0 saturated heterocycles. The average Bonchev–Trinajstić information content (AvgIpc) is 2.97. The summed E-state index contributed by atoms with van der Waals surface area (Å²) < 4.78 is 4.83. The highest BCUT2D eigenvalue weighted by Crippen LogP contribution is 2.40. The van der Waals surface area contributed by atoms with Crippen LogP contribution in [0.25, 0.3) is 6.08 Å². The highest BCUT2D eigenvalue weighted by molar-refractivity contribution is 8.18. The number of ether oxygens (including phenoxy) is 1. The van der Waals surface area contributed by atoms with E-state index in [9.17, 15) is 9.90 Å². The van der Waals surface area contributed by atoms with Gasteiger partial charge in [-0.25, -0.2) is 9.79 Å². The number of hydrogen-bond acceptors (Lipinski definition) is 6. The summed E-state index contributed by atoms with van der Waals surface area (Å²) in [5, 5.41) is 11.0. The Labute approximate surface area is 162 Å². The zero-order valence-electron chi connectivity index (χ0n) is 15.3. The summed E-state index contributed by atoms with van der Waals surface area (Å²) >= 11 is 1.25. The van der Waals surface area contributed by atoms with Crippen molar-refractivity contribution in [3.8, 4) is 0 Å². The lowest BCUT2D eigenvalue weighted by Gasteiger charge is -2.11. The molecule has 5 nitrogen and oxygen atoms in total. The average molecular weight is 380 g/mol. The molecule has 6 heteroatoms. The van der Waals surface area contributed by atoms with Gasteiger partial charge in [-0.15, -0.1) is 0 Å². The molecular weight excluding hydrogens is 360 g/mol. The fourth-order valence-corrected chi connectivity index (χ4v) is 3.57. The summed E-state index contributed by atoms with van der Waals surface area (Å²) in [4.78, 5) is 19.2. The number of carbonyl (C=O) groups is 1. The van der Waals surface area contributed by atoms with E-state index in [4.69, 9.17) is 4.74 Å². The van der Waals surface area contributed by atoms with Crippen molar-refractivity contribution >= 4 is 40.2 Å². The number of benzene rings is 2. The van der Waals surface area contributed by atoms with E-state index in [1.54, 1.807) is 0 Å². The maximum Gasteiger partial charge on any atom is 0.344 e. The standard InChI is InChI=1S/C21H20N2O3S/c1-23(2)16-11-9-14(10-12-16)13-17-19(24)18(21(25)26-3)20(27-17)22-15-7-5-4-6-8-15/h4-13,24H,1-3H3/b17-13+,22-20?. The highest BCUT2D eigenvalue weighted by atomic mass is 32.2. The number of aliphatic hydroxyl groups is 1. The lowest BCUT2D eigenvalue weighted by atomic mass is 10.1. The van der Waals surface area contributed by atoms with Crippen LogP contribution in [0.3, 0.4) is 0 Å². The van der Waals surface area contributed by atoms with Gasteiger partial charge in [0.15, 0.2) is 0 Å². The Morgan fingerprint density at radius 2 is 1.78 bits per heavy atom.